The maximum atomic E-state index is 10.1. The molecule has 0 amide bonds. The van der Waals surface area contributed by atoms with Crippen LogP contribution < -0.4 is 0 Å². The molecule has 0 rings (SSSR count). The number of hydrogen-bond acceptors (Lipinski definition) is 3. The molecule has 0 bridgehead atoms. The zero-order valence-corrected chi connectivity index (χ0v) is 30.3. The van der Waals surface area contributed by atoms with E-state index in [1.54, 1.807) is 0 Å². The number of aliphatic hydroxyl groups is 1. The molecule has 0 spiro atoms. The van der Waals surface area contributed by atoms with E-state index in [0.29, 0.717) is 0 Å². The van der Waals surface area contributed by atoms with Gasteiger partial charge < -0.3 is 14.6 Å². The molecule has 0 aliphatic heterocycles. The number of allylic oxidation sites excluding steroid dienone is 2. The molecule has 262 valence electrons. The fourth-order valence-electron chi connectivity index (χ4n) is 6.01. The second kappa shape index (κ2) is 36.5. The monoisotopic (exact) mass is 621 g/mol. The number of rotatable bonds is 38. The first kappa shape index (κ1) is 43.0. The Kier molecular flexibility index (Phi) is 35.7. The van der Waals surface area contributed by atoms with Crippen LogP contribution in [0.2, 0.25) is 0 Å². The largest absolute Gasteiger partial charge is 0.496 e. The highest BCUT2D eigenvalue weighted by Crippen LogP contribution is 2.17. The van der Waals surface area contributed by atoms with Crippen molar-refractivity contribution >= 4 is 0 Å². The maximum absolute atomic E-state index is 10.1. The van der Waals surface area contributed by atoms with Crippen LogP contribution in [0.25, 0.3) is 0 Å². The second-order valence-corrected chi connectivity index (χ2v) is 13.8. The van der Waals surface area contributed by atoms with Crippen LogP contribution in [0.3, 0.4) is 0 Å². The molecule has 0 fully saturated rings. The topological polar surface area (TPSA) is 38.7 Å². The van der Waals surface area contributed by atoms with Crippen LogP contribution in [0.15, 0.2) is 24.7 Å². The maximum Gasteiger partial charge on any atom is 0.122 e. The summed E-state index contributed by atoms with van der Waals surface area (Å²) in [5.74, 6) is 1.56. The van der Waals surface area contributed by atoms with Crippen molar-refractivity contribution in [3.05, 3.63) is 24.7 Å². The van der Waals surface area contributed by atoms with Crippen molar-refractivity contribution in [3.63, 3.8) is 0 Å². The number of aliphatic hydroxyl groups excluding tert-OH is 1. The van der Waals surface area contributed by atoms with Gasteiger partial charge in [-0.3, -0.25) is 0 Å². The summed E-state index contributed by atoms with van der Waals surface area (Å²) in [7, 11) is 0. The Morgan fingerprint density at radius 2 is 0.591 bits per heavy atom. The average molecular weight is 621 g/mol. The van der Waals surface area contributed by atoms with Gasteiger partial charge in [-0.05, 0) is 12.8 Å². The third-order valence-electron chi connectivity index (χ3n) is 9.08. The average Bonchev–Trinajstić information content (AvgIpc) is 3.02. The van der Waals surface area contributed by atoms with E-state index in [0.717, 1.165) is 37.2 Å². The molecule has 0 radical (unpaired) electrons. The SMILES string of the molecule is C=C(CCCCCCC)OCC(O)COC(=C)CCCCCCCCCCCCCCCCCCCCCCCCCCC. The van der Waals surface area contributed by atoms with Gasteiger partial charge in [0, 0.05) is 12.8 Å². The Bertz CT molecular complexity index is 586. The van der Waals surface area contributed by atoms with E-state index >= 15 is 0 Å². The zero-order chi connectivity index (χ0) is 32.2. The van der Waals surface area contributed by atoms with Crippen LogP contribution in [0, 0.1) is 0 Å². The number of hydrogen-bond donors (Lipinski definition) is 1. The lowest BCUT2D eigenvalue weighted by Gasteiger charge is -2.16. The lowest BCUT2D eigenvalue weighted by Crippen LogP contribution is -2.21. The van der Waals surface area contributed by atoms with Crippen molar-refractivity contribution in [2.45, 2.75) is 225 Å². The van der Waals surface area contributed by atoms with E-state index in [9.17, 15) is 5.11 Å². The first-order valence-electron chi connectivity index (χ1n) is 19.9. The van der Waals surface area contributed by atoms with Crippen molar-refractivity contribution < 1.29 is 14.6 Å². The highest BCUT2D eigenvalue weighted by molar-refractivity contribution is 4.84. The Balaban J connectivity index is 3.27. The minimum Gasteiger partial charge on any atom is -0.496 e. The highest BCUT2D eigenvalue weighted by Gasteiger charge is 2.08. The lowest BCUT2D eigenvalue weighted by molar-refractivity contribution is 0.0150. The first-order valence-corrected chi connectivity index (χ1v) is 19.9. The molecule has 1 N–H and O–H groups in total. The highest BCUT2D eigenvalue weighted by atomic mass is 16.5. The van der Waals surface area contributed by atoms with Gasteiger partial charge in [-0.2, -0.15) is 0 Å². The standard InChI is InChI=1S/C41H80O3/c1-5-7-9-11-12-13-14-15-16-17-18-19-20-21-22-23-24-25-26-27-28-29-30-32-34-36-40(4)44-38-41(42)37-43-39(3)35-33-31-10-8-6-2/h41-42H,3-38H2,1-2H3. The first-order chi connectivity index (χ1) is 21.6. The van der Waals surface area contributed by atoms with Crippen molar-refractivity contribution in [3.8, 4) is 0 Å². The molecule has 0 aromatic carbocycles. The van der Waals surface area contributed by atoms with Crippen LogP contribution in [-0.4, -0.2) is 24.4 Å². The molecule has 44 heavy (non-hydrogen) atoms. The molecule has 1 atom stereocenters. The van der Waals surface area contributed by atoms with Gasteiger partial charge in [-0.1, -0.05) is 207 Å². The van der Waals surface area contributed by atoms with Crippen LogP contribution in [0.5, 0.6) is 0 Å². The molecule has 1 unspecified atom stereocenters. The molecule has 0 aliphatic carbocycles. The van der Waals surface area contributed by atoms with Gasteiger partial charge in [-0.25, -0.2) is 0 Å². The molecule has 0 saturated carbocycles. The molecule has 0 aromatic rings. The minimum absolute atomic E-state index is 0.251. The van der Waals surface area contributed by atoms with E-state index in [-0.39, 0.29) is 13.2 Å². The lowest BCUT2D eigenvalue weighted by atomic mass is 10.0. The van der Waals surface area contributed by atoms with Crippen molar-refractivity contribution in [1.29, 1.82) is 0 Å². The normalized spacial score (nSPS) is 12.0. The van der Waals surface area contributed by atoms with Gasteiger partial charge in [0.2, 0.25) is 0 Å². The summed E-state index contributed by atoms with van der Waals surface area (Å²) in [6.07, 6.45) is 42.7. The van der Waals surface area contributed by atoms with Crippen molar-refractivity contribution in [1.82, 2.24) is 0 Å². The smallest absolute Gasteiger partial charge is 0.122 e. The summed E-state index contributed by atoms with van der Waals surface area (Å²) in [5, 5.41) is 10.1. The molecule has 3 nitrogen and oxygen atoms in total. The Hall–Kier alpha value is -0.960. The fourth-order valence-corrected chi connectivity index (χ4v) is 6.01. The summed E-state index contributed by atoms with van der Waals surface area (Å²) in [6.45, 7) is 13.0. The number of ether oxygens (including phenoxy) is 2. The zero-order valence-electron chi connectivity index (χ0n) is 30.3. The van der Waals surface area contributed by atoms with E-state index < -0.39 is 6.10 Å². The Morgan fingerprint density at radius 3 is 0.818 bits per heavy atom. The summed E-state index contributed by atoms with van der Waals surface area (Å²) >= 11 is 0. The van der Waals surface area contributed by atoms with Gasteiger partial charge >= 0.3 is 0 Å². The third-order valence-corrected chi connectivity index (χ3v) is 9.08. The Morgan fingerprint density at radius 1 is 0.386 bits per heavy atom. The second-order valence-electron chi connectivity index (χ2n) is 13.8. The summed E-state index contributed by atoms with van der Waals surface area (Å²) < 4.78 is 11.3. The van der Waals surface area contributed by atoms with Crippen LogP contribution in [0.4, 0.5) is 0 Å². The van der Waals surface area contributed by atoms with Crippen LogP contribution in [-0.2, 0) is 9.47 Å². The predicted molar refractivity (Wildman–Crippen MR) is 195 cm³/mol. The van der Waals surface area contributed by atoms with Gasteiger partial charge in [0.15, 0.2) is 0 Å². The van der Waals surface area contributed by atoms with Crippen molar-refractivity contribution in [2.24, 2.45) is 0 Å². The summed E-state index contributed by atoms with van der Waals surface area (Å²) in [5.41, 5.74) is 0. The number of unbranched alkanes of at least 4 members (excludes halogenated alkanes) is 28. The van der Waals surface area contributed by atoms with E-state index in [1.165, 1.54) is 180 Å². The molecule has 0 aromatic heterocycles. The predicted octanol–water partition coefficient (Wildman–Crippen LogP) is 13.9. The van der Waals surface area contributed by atoms with Gasteiger partial charge in [0.05, 0.1) is 11.5 Å². The molecule has 0 heterocycles. The Labute approximate surface area is 277 Å². The minimum atomic E-state index is -0.632. The molecule has 3 heteroatoms. The van der Waals surface area contributed by atoms with E-state index in [1.807, 2.05) is 0 Å². The van der Waals surface area contributed by atoms with Crippen molar-refractivity contribution in [2.75, 3.05) is 13.2 Å². The van der Waals surface area contributed by atoms with E-state index in [4.69, 9.17) is 9.47 Å². The van der Waals surface area contributed by atoms with Crippen LogP contribution >= 0.6 is 0 Å². The molecule has 0 aliphatic rings. The van der Waals surface area contributed by atoms with Gasteiger partial charge in [0.25, 0.3) is 0 Å². The molecule has 0 saturated heterocycles. The third kappa shape index (κ3) is 35.5. The van der Waals surface area contributed by atoms with Gasteiger partial charge in [-0.15, -0.1) is 0 Å². The van der Waals surface area contributed by atoms with Gasteiger partial charge in [0.1, 0.15) is 19.3 Å². The summed E-state index contributed by atoms with van der Waals surface area (Å²) in [4.78, 5) is 0. The quantitative estimate of drug-likeness (QED) is 0.0551. The summed E-state index contributed by atoms with van der Waals surface area (Å²) in [6, 6.07) is 0. The van der Waals surface area contributed by atoms with E-state index in [2.05, 4.69) is 27.0 Å². The molecular weight excluding hydrogens is 540 g/mol. The van der Waals surface area contributed by atoms with Crippen LogP contribution in [0.1, 0.15) is 219 Å². The fraction of sp³-hybridized carbons (Fsp3) is 0.902. The molecular formula is C41H80O3.